The highest BCUT2D eigenvalue weighted by Gasteiger charge is 2.51. The number of fused-ring (bicyclic) bond motifs is 1. The summed E-state index contributed by atoms with van der Waals surface area (Å²) in [4.78, 5) is 8.78. The summed E-state index contributed by atoms with van der Waals surface area (Å²) >= 11 is 0. The molecule has 2 aromatic rings. The maximum Gasteiger partial charge on any atom is 0.266 e. The number of primary amides is 1. The maximum atomic E-state index is 12.6. The van der Waals surface area contributed by atoms with E-state index in [9.17, 15) is 18.3 Å². The third-order valence-corrected chi connectivity index (χ3v) is 5.94. The monoisotopic (exact) mass is 307 g/mol. The van der Waals surface area contributed by atoms with Gasteiger partial charge in [-0.25, -0.2) is 8.42 Å². The lowest BCUT2D eigenvalue weighted by Crippen LogP contribution is -2.54. The van der Waals surface area contributed by atoms with Crippen molar-refractivity contribution in [3.63, 3.8) is 0 Å². The standard InChI is InChI=1S/C15H17NO4S/c1-10(2)15(18,14(16)17)21(19,20)13-8-7-11-5-3-4-6-12(11)9-13/h3-10,18H,1-2H3,(H2,16,17). The molecule has 5 nitrogen and oxygen atoms in total. The van der Waals surface area contributed by atoms with Crippen LogP contribution in [-0.4, -0.2) is 24.4 Å². The summed E-state index contributed by atoms with van der Waals surface area (Å²) in [6.45, 7) is 2.87. The van der Waals surface area contributed by atoms with Gasteiger partial charge >= 0.3 is 0 Å². The molecular formula is C15H17NO4S. The SMILES string of the molecule is CC(C)C(O)(C(N)=O)S(=O)(=O)c1ccc2ccccc2c1. The van der Waals surface area contributed by atoms with Gasteiger partial charge in [0, 0.05) is 5.92 Å². The zero-order valence-electron chi connectivity index (χ0n) is 11.8. The third kappa shape index (κ3) is 2.30. The molecule has 3 N–H and O–H groups in total. The van der Waals surface area contributed by atoms with E-state index in [1.54, 1.807) is 18.2 Å². The Morgan fingerprint density at radius 1 is 1.14 bits per heavy atom. The first-order valence-corrected chi connectivity index (χ1v) is 7.95. The van der Waals surface area contributed by atoms with Gasteiger partial charge in [0.25, 0.3) is 10.8 Å². The van der Waals surface area contributed by atoms with Crippen molar-refractivity contribution in [2.75, 3.05) is 0 Å². The van der Waals surface area contributed by atoms with Gasteiger partial charge in [-0.15, -0.1) is 0 Å². The summed E-state index contributed by atoms with van der Waals surface area (Å²) in [7, 11) is -4.31. The molecule has 0 heterocycles. The molecule has 6 heteroatoms. The van der Waals surface area contributed by atoms with Gasteiger partial charge < -0.3 is 10.8 Å². The Labute approximate surface area is 123 Å². The Balaban J connectivity index is 2.68. The molecule has 1 atom stereocenters. The van der Waals surface area contributed by atoms with Crippen LogP contribution >= 0.6 is 0 Å². The van der Waals surface area contributed by atoms with Crippen molar-refractivity contribution in [1.82, 2.24) is 0 Å². The maximum absolute atomic E-state index is 12.6. The van der Waals surface area contributed by atoms with Crippen LogP contribution in [0.25, 0.3) is 10.8 Å². The lowest BCUT2D eigenvalue weighted by molar-refractivity contribution is -0.131. The van der Waals surface area contributed by atoms with Crippen molar-refractivity contribution >= 4 is 26.5 Å². The largest absolute Gasteiger partial charge is 0.367 e. The van der Waals surface area contributed by atoms with Crippen LogP contribution in [-0.2, 0) is 14.6 Å². The van der Waals surface area contributed by atoms with Crippen LogP contribution in [0.4, 0.5) is 0 Å². The van der Waals surface area contributed by atoms with E-state index < -0.39 is 26.6 Å². The molecule has 0 aliphatic rings. The van der Waals surface area contributed by atoms with Crippen molar-refractivity contribution in [3.8, 4) is 0 Å². The van der Waals surface area contributed by atoms with Crippen LogP contribution in [0.2, 0.25) is 0 Å². The molecule has 0 saturated heterocycles. The molecule has 0 spiro atoms. The van der Waals surface area contributed by atoms with Crippen LogP contribution in [0.3, 0.4) is 0 Å². The van der Waals surface area contributed by atoms with Crippen LogP contribution in [0.15, 0.2) is 47.4 Å². The predicted octanol–water partition coefficient (Wildman–Crippen LogP) is 1.44. The molecule has 0 radical (unpaired) electrons. The van der Waals surface area contributed by atoms with E-state index in [1.165, 1.54) is 26.0 Å². The molecule has 0 aromatic heterocycles. The Hall–Kier alpha value is -1.92. The number of rotatable bonds is 4. The molecular weight excluding hydrogens is 290 g/mol. The predicted molar refractivity (Wildman–Crippen MR) is 80.1 cm³/mol. The molecule has 0 fully saturated rings. The molecule has 112 valence electrons. The van der Waals surface area contributed by atoms with Crippen molar-refractivity contribution in [3.05, 3.63) is 42.5 Å². The van der Waals surface area contributed by atoms with Crippen molar-refractivity contribution in [1.29, 1.82) is 0 Å². The Morgan fingerprint density at radius 2 is 1.71 bits per heavy atom. The number of nitrogens with two attached hydrogens (primary N) is 1. The minimum atomic E-state index is -4.31. The molecule has 0 aliphatic carbocycles. The summed E-state index contributed by atoms with van der Waals surface area (Å²) in [5.74, 6) is -2.14. The molecule has 21 heavy (non-hydrogen) atoms. The fourth-order valence-corrected chi connectivity index (χ4v) is 4.02. The van der Waals surface area contributed by atoms with Crippen molar-refractivity contribution < 1.29 is 18.3 Å². The second-order valence-electron chi connectivity index (χ2n) is 5.23. The summed E-state index contributed by atoms with van der Waals surface area (Å²) in [5, 5.41) is 11.9. The van der Waals surface area contributed by atoms with Gasteiger partial charge in [0.15, 0.2) is 0 Å². The Kier molecular flexibility index (Phi) is 3.78. The number of amides is 1. The zero-order valence-corrected chi connectivity index (χ0v) is 12.6. The Bertz CT molecular complexity index is 798. The minimum Gasteiger partial charge on any atom is -0.367 e. The minimum absolute atomic E-state index is 0.129. The van der Waals surface area contributed by atoms with Gasteiger partial charge in [0.05, 0.1) is 4.90 Å². The third-order valence-electron chi connectivity index (χ3n) is 3.58. The van der Waals surface area contributed by atoms with Crippen LogP contribution < -0.4 is 5.73 Å². The summed E-state index contributed by atoms with van der Waals surface area (Å²) < 4.78 is 25.3. The summed E-state index contributed by atoms with van der Waals surface area (Å²) in [5.41, 5.74) is 5.14. The highest BCUT2D eigenvalue weighted by molar-refractivity contribution is 7.93. The first-order chi connectivity index (χ1) is 9.71. The summed E-state index contributed by atoms with van der Waals surface area (Å²) in [6.07, 6.45) is 0. The molecule has 2 aromatic carbocycles. The van der Waals surface area contributed by atoms with Gasteiger partial charge in [0.2, 0.25) is 9.84 Å². The fourth-order valence-electron chi connectivity index (χ4n) is 2.24. The number of carbonyl (C=O) groups excluding carboxylic acids is 1. The van der Waals surface area contributed by atoms with E-state index in [0.29, 0.717) is 5.39 Å². The molecule has 0 aliphatic heterocycles. The van der Waals surface area contributed by atoms with Gasteiger partial charge in [-0.1, -0.05) is 44.2 Å². The van der Waals surface area contributed by atoms with Crippen LogP contribution in [0, 0.1) is 5.92 Å². The quantitative estimate of drug-likeness (QED) is 0.893. The molecule has 2 rings (SSSR count). The van der Waals surface area contributed by atoms with Crippen molar-refractivity contribution in [2.45, 2.75) is 23.7 Å². The van der Waals surface area contributed by atoms with Gasteiger partial charge in [0.1, 0.15) is 0 Å². The lowest BCUT2D eigenvalue weighted by Gasteiger charge is -2.28. The number of benzene rings is 2. The molecule has 1 unspecified atom stereocenters. The number of hydrogen-bond acceptors (Lipinski definition) is 4. The van der Waals surface area contributed by atoms with Crippen molar-refractivity contribution in [2.24, 2.45) is 11.7 Å². The number of aliphatic hydroxyl groups is 1. The van der Waals surface area contributed by atoms with E-state index in [1.807, 2.05) is 12.1 Å². The fraction of sp³-hybridized carbons (Fsp3) is 0.267. The average Bonchev–Trinajstić information content (AvgIpc) is 2.45. The van der Waals surface area contributed by atoms with Gasteiger partial charge in [-0.05, 0) is 22.9 Å². The number of sulfone groups is 1. The lowest BCUT2D eigenvalue weighted by atomic mass is 10.1. The van der Waals surface area contributed by atoms with E-state index in [4.69, 9.17) is 5.73 Å². The number of hydrogen-bond donors (Lipinski definition) is 2. The van der Waals surface area contributed by atoms with Gasteiger partial charge in [-0.2, -0.15) is 0 Å². The zero-order chi connectivity index (χ0) is 15.8. The Morgan fingerprint density at radius 3 is 2.24 bits per heavy atom. The molecule has 0 saturated carbocycles. The smallest absolute Gasteiger partial charge is 0.266 e. The highest BCUT2D eigenvalue weighted by atomic mass is 32.2. The van der Waals surface area contributed by atoms with Gasteiger partial charge in [-0.3, -0.25) is 4.79 Å². The highest BCUT2D eigenvalue weighted by Crippen LogP contribution is 2.31. The van der Waals surface area contributed by atoms with E-state index in [-0.39, 0.29) is 4.90 Å². The second kappa shape index (κ2) is 5.13. The average molecular weight is 307 g/mol. The summed E-state index contributed by atoms with van der Waals surface area (Å²) in [6, 6.07) is 11.6. The topological polar surface area (TPSA) is 97.5 Å². The first-order valence-electron chi connectivity index (χ1n) is 6.47. The van der Waals surface area contributed by atoms with Crippen LogP contribution in [0.5, 0.6) is 0 Å². The molecule has 0 bridgehead atoms. The molecule has 1 amide bonds. The van der Waals surface area contributed by atoms with Crippen LogP contribution in [0.1, 0.15) is 13.8 Å². The van der Waals surface area contributed by atoms with E-state index >= 15 is 0 Å². The second-order valence-corrected chi connectivity index (χ2v) is 7.33. The normalized spacial score (nSPS) is 15.0. The van der Waals surface area contributed by atoms with E-state index in [0.717, 1.165) is 5.39 Å². The first kappa shape index (κ1) is 15.5. The van der Waals surface area contributed by atoms with E-state index in [2.05, 4.69) is 0 Å². The number of carbonyl (C=O) groups is 1.